The second-order valence-electron chi connectivity index (χ2n) is 7.82. The van der Waals surface area contributed by atoms with Crippen molar-refractivity contribution < 1.29 is 13.2 Å². The van der Waals surface area contributed by atoms with Crippen LogP contribution in [0.1, 0.15) is 62.7 Å². The van der Waals surface area contributed by atoms with Gasteiger partial charge in [-0.05, 0) is 63.1 Å². The Kier molecular flexibility index (Phi) is 6.03. The van der Waals surface area contributed by atoms with Crippen molar-refractivity contribution in [1.29, 1.82) is 0 Å². The minimum Gasteiger partial charge on any atom is -0.339 e. The zero-order valence-electron chi connectivity index (χ0n) is 15.9. The highest BCUT2D eigenvalue weighted by atomic mass is 32.2. The predicted octanol–water partition coefficient (Wildman–Crippen LogP) is 3.51. The topological polar surface area (TPSA) is 57.7 Å². The van der Waals surface area contributed by atoms with Gasteiger partial charge in [-0.15, -0.1) is 0 Å². The molecule has 2 unspecified atom stereocenters. The molecule has 2 fully saturated rings. The summed E-state index contributed by atoms with van der Waals surface area (Å²) in [5, 5.41) is 0. The first-order valence-corrected chi connectivity index (χ1v) is 11.2. The van der Waals surface area contributed by atoms with Gasteiger partial charge >= 0.3 is 0 Å². The van der Waals surface area contributed by atoms with Crippen molar-refractivity contribution in [3.63, 3.8) is 0 Å². The summed E-state index contributed by atoms with van der Waals surface area (Å²) in [6.07, 6.45) is 6.02. The number of likely N-dealkylation sites (tertiary alicyclic amines) is 1. The Labute approximate surface area is 157 Å². The zero-order valence-corrected chi connectivity index (χ0v) is 16.7. The van der Waals surface area contributed by atoms with Crippen LogP contribution in [0.15, 0.2) is 29.2 Å². The molecule has 0 radical (unpaired) electrons. The molecular formula is C20H30N2O3S. The lowest BCUT2D eigenvalue weighted by molar-refractivity contribution is 0.0760. The van der Waals surface area contributed by atoms with Crippen molar-refractivity contribution in [2.45, 2.75) is 63.3 Å². The van der Waals surface area contributed by atoms with Crippen molar-refractivity contribution in [2.24, 2.45) is 5.92 Å². The van der Waals surface area contributed by atoms with Crippen LogP contribution in [0.2, 0.25) is 0 Å². The second kappa shape index (κ2) is 8.09. The number of benzene rings is 1. The number of hydrogen-bond acceptors (Lipinski definition) is 3. The molecule has 2 atom stereocenters. The molecule has 0 bridgehead atoms. The van der Waals surface area contributed by atoms with Gasteiger partial charge in [0.15, 0.2) is 0 Å². The number of rotatable bonds is 3. The van der Waals surface area contributed by atoms with Gasteiger partial charge in [-0.2, -0.15) is 4.31 Å². The molecule has 1 aromatic carbocycles. The van der Waals surface area contributed by atoms with Crippen LogP contribution in [0.5, 0.6) is 0 Å². The summed E-state index contributed by atoms with van der Waals surface area (Å²) in [5.41, 5.74) is 0.477. The maximum absolute atomic E-state index is 13.0. The van der Waals surface area contributed by atoms with Crippen LogP contribution in [0.4, 0.5) is 0 Å². The van der Waals surface area contributed by atoms with Gasteiger partial charge in [-0.25, -0.2) is 8.42 Å². The molecule has 0 aromatic heterocycles. The van der Waals surface area contributed by atoms with E-state index >= 15 is 0 Å². The van der Waals surface area contributed by atoms with Gasteiger partial charge in [0.05, 0.1) is 4.90 Å². The minimum absolute atomic E-state index is 0.0141. The predicted molar refractivity (Wildman–Crippen MR) is 103 cm³/mol. The van der Waals surface area contributed by atoms with E-state index < -0.39 is 10.0 Å². The van der Waals surface area contributed by atoms with E-state index in [2.05, 4.69) is 6.92 Å². The Morgan fingerprint density at radius 3 is 2.58 bits per heavy atom. The fraction of sp³-hybridized carbons (Fsp3) is 0.650. The quantitative estimate of drug-likeness (QED) is 0.809. The van der Waals surface area contributed by atoms with E-state index in [0.29, 0.717) is 18.0 Å². The van der Waals surface area contributed by atoms with E-state index in [1.807, 2.05) is 11.8 Å². The minimum atomic E-state index is -3.55. The number of sulfonamides is 1. The number of nitrogens with zero attached hydrogens (tertiary/aromatic N) is 2. The summed E-state index contributed by atoms with van der Waals surface area (Å²) in [4.78, 5) is 15.0. The lowest BCUT2D eigenvalue weighted by Crippen LogP contribution is -2.42. The van der Waals surface area contributed by atoms with E-state index in [1.165, 1.54) is 0 Å². The van der Waals surface area contributed by atoms with Gasteiger partial charge in [0.25, 0.3) is 5.91 Å². The first-order chi connectivity index (χ1) is 12.4. The first kappa shape index (κ1) is 19.4. The largest absolute Gasteiger partial charge is 0.339 e. The SMILES string of the molecule is CC1CCCN(C(=O)c2cccc(S(=O)(=O)N3CCCCC3C)c2)CC1. The van der Waals surface area contributed by atoms with Crippen molar-refractivity contribution in [3.05, 3.63) is 29.8 Å². The number of hydrogen-bond donors (Lipinski definition) is 0. The van der Waals surface area contributed by atoms with Gasteiger partial charge < -0.3 is 4.90 Å². The molecule has 0 saturated carbocycles. The molecule has 5 nitrogen and oxygen atoms in total. The smallest absolute Gasteiger partial charge is 0.253 e. The molecule has 0 aliphatic carbocycles. The summed E-state index contributed by atoms with van der Waals surface area (Å²) >= 11 is 0. The monoisotopic (exact) mass is 378 g/mol. The van der Waals surface area contributed by atoms with Gasteiger partial charge in [-0.1, -0.05) is 19.4 Å². The summed E-state index contributed by atoms with van der Waals surface area (Å²) in [6, 6.07) is 6.61. The molecule has 2 aliphatic heterocycles. The Morgan fingerprint density at radius 2 is 1.81 bits per heavy atom. The van der Waals surface area contributed by atoms with Crippen molar-refractivity contribution in [2.75, 3.05) is 19.6 Å². The lowest BCUT2D eigenvalue weighted by Gasteiger charge is -2.32. The molecule has 0 spiro atoms. The van der Waals surface area contributed by atoms with Gasteiger partial charge in [0.2, 0.25) is 10.0 Å². The summed E-state index contributed by atoms with van der Waals surface area (Å²) in [7, 11) is -3.55. The highest BCUT2D eigenvalue weighted by Crippen LogP contribution is 2.26. The van der Waals surface area contributed by atoms with Crippen molar-refractivity contribution >= 4 is 15.9 Å². The summed E-state index contributed by atoms with van der Waals surface area (Å²) in [6.45, 7) is 6.25. The molecule has 144 valence electrons. The molecule has 1 aromatic rings. The number of carbonyl (C=O) groups excluding carboxylic acids is 1. The van der Waals surface area contributed by atoms with Crippen LogP contribution >= 0.6 is 0 Å². The average molecular weight is 379 g/mol. The fourth-order valence-electron chi connectivity index (χ4n) is 4.00. The van der Waals surface area contributed by atoms with E-state index in [-0.39, 0.29) is 16.8 Å². The molecule has 0 N–H and O–H groups in total. The van der Waals surface area contributed by atoms with Crippen LogP contribution in [-0.4, -0.2) is 49.2 Å². The molecule has 2 saturated heterocycles. The van der Waals surface area contributed by atoms with Gasteiger partial charge in [-0.3, -0.25) is 4.79 Å². The van der Waals surface area contributed by atoms with E-state index in [9.17, 15) is 13.2 Å². The summed E-state index contributed by atoms with van der Waals surface area (Å²) in [5.74, 6) is 0.586. The van der Waals surface area contributed by atoms with Crippen molar-refractivity contribution in [1.82, 2.24) is 9.21 Å². The maximum Gasteiger partial charge on any atom is 0.253 e. The van der Waals surface area contributed by atoms with Crippen LogP contribution in [-0.2, 0) is 10.0 Å². The highest BCUT2D eigenvalue weighted by Gasteiger charge is 2.31. The lowest BCUT2D eigenvalue weighted by atomic mass is 10.0. The zero-order chi connectivity index (χ0) is 18.7. The van der Waals surface area contributed by atoms with Crippen LogP contribution in [0, 0.1) is 5.92 Å². The molecule has 3 rings (SSSR count). The fourth-order valence-corrected chi connectivity index (χ4v) is 5.75. The van der Waals surface area contributed by atoms with Gasteiger partial charge in [0.1, 0.15) is 0 Å². The van der Waals surface area contributed by atoms with Gasteiger partial charge in [0, 0.05) is 31.2 Å². The summed E-state index contributed by atoms with van der Waals surface area (Å²) < 4.78 is 27.7. The maximum atomic E-state index is 13.0. The van der Waals surface area contributed by atoms with E-state index in [1.54, 1.807) is 28.6 Å². The number of piperidine rings is 1. The molecule has 1 amide bonds. The van der Waals surface area contributed by atoms with Crippen LogP contribution in [0.25, 0.3) is 0 Å². The first-order valence-electron chi connectivity index (χ1n) is 9.81. The number of amides is 1. The van der Waals surface area contributed by atoms with Crippen LogP contribution < -0.4 is 0 Å². The normalized spacial score (nSPS) is 25.7. The van der Waals surface area contributed by atoms with Crippen molar-refractivity contribution in [3.8, 4) is 0 Å². The van der Waals surface area contributed by atoms with E-state index in [0.717, 1.165) is 51.6 Å². The van der Waals surface area contributed by atoms with E-state index in [4.69, 9.17) is 0 Å². The molecular weight excluding hydrogens is 348 g/mol. The third-order valence-electron chi connectivity index (χ3n) is 5.73. The van der Waals surface area contributed by atoms with Crippen LogP contribution in [0.3, 0.4) is 0 Å². The third-order valence-corrected chi connectivity index (χ3v) is 7.74. The Morgan fingerprint density at radius 1 is 1.00 bits per heavy atom. The molecule has 2 aliphatic rings. The Bertz CT molecular complexity index is 747. The number of carbonyl (C=O) groups is 1. The Hall–Kier alpha value is -1.40. The Balaban J connectivity index is 1.82. The molecule has 6 heteroatoms. The highest BCUT2D eigenvalue weighted by molar-refractivity contribution is 7.89. The molecule has 26 heavy (non-hydrogen) atoms. The standard InChI is InChI=1S/C20H30N2O3S/c1-16-7-6-12-21(14-11-16)20(23)18-9-5-10-19(15-18)26(24,25)22-13-4-3-8-17(22)2/h5,9-10,15-17H,3-4,6-8,11-14H2,1-2H3. The second-order valence-corrected chi connectivity index (χ2v) is 9.71. The third kappa shape index (κ3) is 4.12. The molecule has 2 heterocycles. The average Bonchev–Trinajstić information content (AvgIpc) is 2.86.